The summed E-state index contributed by atoms with van der Waals surface area (Å²) in [6.07, 6.45) is 1.90. The van der Waals surface area contributed by atoms with Crippen molar-refractivity contribution in [2.45, 2.75) is 37.7 Å². The van der Waals surface area contributed by atoms with Crippen LogP contribution in [0.4, 0.5) is 4.79 Å². The number of hydrogen-bond acceptors (Lipinski definition) is 5. The number of hydrogen-bond donors (Lipinski definition) is 3. The van der Waals surface area contributed by atoms with Gasteiger partial charge in [-0.2, -0.15) is 0 Å². The van der Waals surface area contributed by atoms with Gasteiger partial charge in [-0.25, -0.2) is 4.79 Å². The van der Waals surface area contributed by atoms with Crippen molar-refractivity contribution in [3.63, 3.8) is 0 Å². The van der Waals surface area contributed by atoms with Gasteiger partial charge < -0.3 is 25.0 Å². The Bertz CT molecular complexity index is 640. The number of amides is 2. The molecule has 140 valence electrons. The Morgan fingerprint density at radius 2 is 2.12 bits per heavy atom. The largest absolute Gasteiger partial charge is 0.453 e. The first-order valence-corrected chi connectivity index (χ1v) is 8.65. The molecule has 2 rings (SSSR count). The molecule has 3 N–H and O–H groups in total. The zero-order valence-electron chi connectivity index (χ0n) is 14.9. The summed E-state index contributed by atoms with van der Waals surface area (Å²) in [5.74, 6) is -0.189. The number of nitrogens with zero attached hydrogens (tertiary/aromatic N) is 1. The van der Waals surface area contributed by atoms with Crippen molar-refractivity contribution in [2.75, 3.05) is 13.1 Å². The number of ether oxygens (including phenoxy) is 1. The molecule has 0 aliphatic carbocycles. The molecule has 0 bridgehead atoms. The summed E-state index contributed by atoms with van der Waals surface area (Å²) in [6, 6.07) is 8.44. The predicted molar refractivity (Wildman–Crippen MR) is 98.2 cm³/mol. The van der Waals surface area contributed by atoms with Crippen LogP contribution >= 0.6 is 0 Å². The standard InChI is InChI=1S/C18H25BN2O5/c1-3-16(22)21-11-7-10-18(2,13-21)26-17(23)20-15(12-19(24)25)14-8-5-4-6-9-14/h3-6,8-9,15,24-25H,1,7,10-13H2,2H3,(H,20,23). The molecule has 7 nitrogen and oxygen atoms in total. The number of nitrogens with one attached hydrogen (secondary N) is 1. The van der Waals surface area contributed by atoms with E-state index in [1.807, 2.05) is 6.07 Å². The van der Waals surface area contributed by atoms with E-state index in [1.54, 1.807) is 36.1 Å². The van der Waals surface area contributed by atoms with Crippen LogP contribution in [0.25, 0.3) is 0 Å². The quantitative estimate of drug-likeness (QED) is 0.527. The van der Waals surface area contributed by atoms with Crippen molar-refractivity contribution >= 4 is 19.1 Å². The Kier molecular flexibility index (Phi) is 6.82. The Hall–Kier alpha value is -2.32. The lowest BCUT2D eigenvalue weighted by Gasteiger charge is -2.39. The number of likely N-dealkylation sites (tertiary alicyclic amines) is 1. The molecule has 0 radical (unpaired) electrons. The number of benzene rings is 1. The molecular weight excluding hydrogens is 335 g/mol. The van der Waals surface area contributed by atoms with E-state index in [-0.39, 0.29) is 12.2 Å². The fraction of sp³-hybridized carbons (Fsp3) is 0.444. The molecule has 2 amide bonds. The normalized spacial score (nSPS) is 20.8. The molecule has 0 spiro atoms. The lowest BCUT2D eigenvalue weighted by atomic mass is 9.79. The highest BCUT2D eigenvalue weighted by Crippen LogP contribution is 2.26. The van der Waals surface area contributed by atoms with Gasteiger partial charge in [-0.15, -0.1) is 0 Å². The van der Waals surface area contributed by atoms with Gasteiger partial charge in [-0.1, -0.05) is 36.9 Å². The maximum Gasteiger partial charge on any atom is 0.453 e. The minimum absolute atomic E-state index is 0.0586. The lowest BCUT2D eigenvalue weighted by Crippen LogP contribution is -2.51. The lowest BCUT2D eigenvalue weighted by molar-refractivity contribution is -0.132. The number of carbonyl (C=O) groups excluding carboxylic acids is 2. The summed E-state index contributed by atoms with van der Waals surface area (Å²) in [7, 11) is -1.56. The summed E-state index contributed by atoms with van der Waals surface area (Å²) in [6.45, 7) is 6.17. The highest BCUT2D eigenvalue weighted by Gasteiger charge is 2.36. The SMILES string of the molecule is C=CC(=O)N1CCCC(C)(OC(=O)NC(CB(O)O)c2ccccc2)C1. The first kappa shape index (κ1) is 20.0. The van der Waals surface area contributed by atoms with Crippen molar-refractivity contribution in [1.29, 1.82) is 0 Å². The fourth-order valence-electron chi connectivity index (χ4n) is 3.18. The van der Waals surface area contributed by atoms with Gasteiger partial charge in [0.2, 0.25) is 5.91 Å². The topological polar surface area (TPSA) is 99.1 Å². The first-order chi connectivity index (χ1) is 12.3. The van der Waals surface area contributed by atoms with Gasteiger partial charge in [-0.3, -0.25) is 4.79 Å². The van der Waals surface area contributed by atoms with Crippen LogP contribution in [-0.2, 0) is 9.53 Å². The third kappa shape index (κ3) is 5.61. The second kappa shape index (κ2) is 8.87. The highest BCUT2D eigenvalue weighted by molar-refractivity contribution is 6.41. The zero-order chi connectivity index (χ0) is 19.2. The van der Waals surface area contributed by atoms with Crippen molar-refractivity contribution in [3.05, 3.63) is 48.6 Å². The molecule has 8 heteroatoms. The second-order valence-electron chi connectivity index (χ2n) is 6.73. The van der Waals surface area contributed by atoms with Gasteiger partial charge in [0.15, 0.2) is 0 Å². The number of piperidine rings is 1. The molecule has 2 unspecified atom stereocenters. The highest BCUT2D eigenvalue weighted by atomic mass is 16.6. The van der Waals surface area contributed by atoms with Gasteiger partial charge in [0.1, 0.15) is 5.60 Å². The van der Waals surface area contributed by atoms with Crippen LogP contribution < -0.4 is 5.32 Å². The monoisotopic (exact) mass is 360 g/mol. The Morgan fingerprint density at radius 1 is 1.42 bits per heavy atom. The van der Waals surface area contributed by atoms with Crippen LogP contribution in [0.15, 0.2) is 43.0 Å². The van der Waals surface area contributed by atoms with Crippen LogP contribution in [-0.4, -0.2) is 52.8 Å². The Morgan fingerprint density at radius 3 is 2.73 bits per heavy atom. The van der Waals surface area contributed by atoms with Crippen LogP contribution in [0.2, 0.25) is 6.32 Å². The van der Waals surface area contributed by atoms with Crippen molar-refractivity contribution in [3.8, 4) is 0 Å². The molecule has 1 aromatic rings. The van der Waals surface area contributed by atoms with E-state index in [9.17, 15) is 19.6 Å². The maximum atomic E-state index is 12.4. The second-order valence-corrected chi connectivity index (χ2v) is 6.73. The Balaban J connectivity index is 2.02. The van der Waals surface area contributed by atoms with Gasteiger partial charge in [0, 0.05) is 12.9 Å². The van der Waals surface area contributed by atoms with E-state index < -0.39 is 24.9 Å². The summed E-state index contributed by atoms with van der Waals surface area (Å²) in [5, 5.41) is 21.3. The molecule has 0 aromatic heterocycles. The fourth-order valence-corrected chi connectivity index (χ4v) is 3.18. The third-order valence-corrected chi connectivity index (χ3v) is 4.42. The van der Waals surface area contributed by atoms with Crippen LogP contribution in [0, 0.1) is 0 Å². The molecule has 1 saturated heterocycles. The van der Waals surface area contributed by atoms with E-state index in [4.69, 9.17) is 4.74 Å². The van der Waals surface area contributed by atoms with Gasteiger partial charge >= 0.3 is 13.2 Å². The number of rotatable bonds is 6. The third-order valence-electron chi connectivity index (χ3n) is 4.42. The smallest absolute Gasteiger partial charge is 0.441 e. The van der Waals surface area contributed by atoms with Gasteiger partial charge in [-0.05, 0) is 31.4 Å². The van der Waals surface area contributed by atoms with E-state index in [1.165, 1.54) is 6.08 Å². The maximum absolute atomic E-state index is 12.4. The summed E-state index contributed by atoms with van der Waals surface area (Å²) < 4.78 is 5.60. The molecule has 1 aliphatic rings. The summed E-state index contributed by atoms with van der Waals surface area (Å²) in [4.78, 5) is 25.8. The minimum atomic E-state index is -1.56. The molecular formula is C18H25BN2O5. The van der Waals surface area contributed by atoms with Gasteiger partial charge in [0.05, 0.1) is 12.6 Å². The molecule has 1 aromatic carbocycles. The average molecular weight is 360 g/mol. The zero-order valence-corrected chi connectivity index (χ0v) is 14.9. The van der Waals surface area contributed by atoms with Crippen molar-refractivity contribution in [1.82, 2.24) is 10.2 Å². The van der Waals surface area contributed by atoms with Crippen molar-refractivity contribution < 1.29 is 24.4 Å². The van der Waals surface area contributed by atoms with Crippen molar-refractivity contribution in [2.24, 2.45) is 0 Å². The molecule has 1 aliphatic heterocycles. The van der Waals surface area contributed by atoms with Crippen LogP contribution in [0.3, 0.4) is 0 Å². The van der Waals surface area contributed by atoms with E-state index in [2.05, 4.69) is 11.9 Å². The summed E-state index contributed by atoms with van der Waals surface area (Å²) >= 11 is 0. The van der Waals surface area contributed by atoms with Gasteiger partial charge in [0.25, 0.3) is 0 Å². The van der Waals surface area contributed by atoms with E-state index in [0.717, 1.165) is 12.0 Å². The summed E-state index contributed by atoms with van der Waals surface area (Å²) in [5.41, 5.74) is -0.0603. The first-order valence-electron chi connectivity index (χ1n) is 8.65. The van der Waals surface area contributed by atoms with E-state index >= 15 is 0 Å². The van der Waals surface area contributed by atoms with Crippen LogP contribution in [0.5, 0.6) is 0 Å². The molecule has 2 atom stereocenters. The minimum Gasteiger partial charge on any atom is -0.441 e. The molecule has 1 fully saturated rings. The number of carbonyl (C=O) groups is 2. The van der Waals surface area contributed by atoms with E-state index in [0.29, 0.717) is 19.5 Å². The average Bonchev–Trinajstić information content (AvgIpc) is 2.60. The molecule has 26 heavy (non-hydrogen) atoms. The van der Waals surface area contributed by atoms with Crippen LogP contribution in [0.1, 0.15) is 31.4 Å². The molecule has 1 heterocycles. The Labute approximate surface area is 153 Å². The molecule has 0 saturated carbocycles. The number of alkyl carbamates (subject to hydrolysis) is 1. The predicted octanol–water partition coefficient (Wildman–Crippen LogP) is 1.49.